The van der Waals surface area contributed by atoms with Crippen molar-refractivity contribution in [3.05, 3.63) is 0 Å². The summed E-state index contributed by atoms with van der Waals surface area (Å²) < 4.78 is 23.0. The molecule has 1 rings (SSSR count). The van der Waals surface area contributed by atoms with E-state index < -0.39 is 9.84 Å². The lowest BCUT2D eigenvalue weighted by Gasteiger charge is -2.23. The Hall–Kier alpha value is 0.430. The smallest absolute Gasteiger partial charge is 0.153 e. The topological polar surface area (TPSA) is 34.1 Å². The molecular weight excluding hydrogens is 252 g/mol. The van der Waals surface area contributed by atoms with Gasteiger partial charge in [-0.15, -0.1) is 0 Å². The fraction of sp³-hybridized carbons (Fsp3) is 1.00. The monoisotopic (exact) mass is 268 g/mol. The summed E-state index contributed by atoms with van der Waals surface area (Å²) in [7, 11) is -2.78. The highest BCUT2D eigenvalue weighted by molar-refractivity contribution is 9.09. The maximum absolute atomic E-state index is 11.5. The molecule has 0 N–H and O–H groups in total. The molecule has 13 heavy (non-hydrogen) atoms. The quantitative estimate of drug-likeness (QED) is 0.720. The lowest BCUT2D eigenvalue weighted by atomic mass is 9.92. The van der Waals surface area contributed by atoms with Gasteiger partial charge in [0.1, 0.15) is 0 Å². The van der Waals surface area contributed by atoms with Gasteiger partial charge >= 0.3 is 0 Å². The molecule has 0 aliphatic carbocycles. The van der Waals surface area contributed by atoms with Gasteiger partial charge < -0.3 is 0 Å². The van der Waals surface area contributed by atoms with E-state index in [0.29, 0.717) is 22.4 Å². The Kier molecular flexibility index (Phi) is 3.44. The van der Waals surface area contributed by atoms with E-state index in [-0.39, 0.29) is 5.25 Å². The third-order valence-electron chi connectivity index (χ3n) is 2.95. The molecule has 2 nitrogen and oxygen atoms in total. The number of rotatable bonds is 2. The van der Waals surface area contributed by atoms with Gasteiger partial charge in [-0.3, -0.25) is 0 Å². The number of sulfone groups is 1. The highest BCUT2D eigenvalue weighted by Crippen LogP contribution is 2.35. The van der Waals surface area contributed by atoms with E-state index in [2.05, 4.69) is 29.8 Å². The van der Waals surface area contributed by atoms with Crippen LogP contribution in [0.3, 0.4) is 0 Å². The maximum Gasteiger partial charge on any atom is 0.153 e. The minimum absolute atomic E-state index is 0.167. The molecule has 4 heteroatoms. The van der Waals surface area contributed by atoms with Crippen LogP contribution in [0.5, 0.6) is 0 Å². The molecule has 0 aromatic carbocycles. The Balaban J connectivity index is 2.76. The van der Waals surface area contributed by atoms with Crippen LogP contribution in [0.25, 0.3) is 0 Å². The molecule has 1 fully saturated rings. The highest BCUT2D eigenvalue weighted by Gasteiger charge is 2.40. The average Bonchev–Trinajstić information content (AvgIpc) is 2.27. The van der Waals surface area contributed by atoms with Crippen molar-refractivity contribution in [2.75, 3.05) is 5.75 Å². The summed E-state index contributed by atoms with van der Waals surface area (Å²) in [6, 6.07) is 0. The van der Waals surface area contributed by atoms with E-state index in [1.807, 2.05) is 6.92 Å². The molecule has 0 radical (unpaired) electrons. The van der Waals surface area contributed by atoms with E-state index in [0.717, 1.165) is 6.42 Å². The van der Waals surface area contributed by atoms with Crippen molar-refractivity contribution in [3.8, 4) is 0 Å². The van der Waals surface area contributed by atoms with Crippen LogP contribution in [-0.2, 0) is 9.84 Å². The molecule has 3 atom stereocenters. The summed E-state index contributed by atoms with van der Waals surface area (Å²) in [5, 5.41) is -0.167. The third-order valence-corrected chi connectivity index (χ3v) is 6.97. The van der Waals surface area contributed by atoms with Crippen LogP contribution in [0.15, 0.2) is 0 Å². The molecule has 1 aliphatic heterocycles. The summed E-state index contributed by atoms with van der Waals surface area (Å²) in [4.78, 5) is 0.333. The second-order valence-corrected chi connectivity index (χ2v) is 7.75. The second-order valence-electron chi connectivity index (χ2n) is 4.21. The SMILES string of the molecule is CC(C)C(Br)C1CCS(=O)(=O)C1C. The first kappa shape index (κ1) is 11.5. The average molecular weight is 269 g/mol. The fourth-order valence-corrected chi connectivity index (χ4v) is 4.63. The van der Waals surface area contributed by atoms with Crippen molar-refractivity contribution in [2.24, 2.45) is 11.8 Å². The van der Waals surface area contributed by atoms with Gasteiger partial charge in [0.25, 0.3) is 0 Å². The van der Waals surface area contributed by atoms with E-state index in [1.165, 1.54) is 0 Å². The summed E-state index contributed by atoms with van der Waals surface area (Å²) >= 11 is 3.60. The van der Waals surface area contributed by atoms with Crippen LogP contribution in [0, 0.1) is 11.8 Å². The van der Waals surface area contributed by atoms with Crippen LogP contribution >= 0.6 is 15.9 Å². The Morgan fingerprint density at radius 3 is 2.23 bits per heavy atom. The predicted molar refractivity (Wildman–Crippen MR) is 58.9 cm³/mol. The highest BCUT2D eigenvalue weighted by atomic mass is 79.9. The van der Waals surface area contributed by atoms with Crippen LogP contribution in [-0.4, -0.2) is 24.2 Å². The molecule has 0 aromatic rings. The second kappa shape index (κ2) is 3.89. The lowest BCUT2D eigenvalue weighted by molar-refractivity contribution is 0.430. The van der Waals surface area contributed by atoms with Gasteiger partial charge in [-0.05, 0) is 25.2 Å². The van der Waals surface area contributed by atoms with Crippen molar-refractivity contribution >= 4 is 25.8 Å². The fourth-order valence-electron chi connectivity index (χ4n) is 1.90. The van der Waals surface area contributed by atoms with Gasteiger partial charge in [0.15, 0.2) is 9.84 Å². The van der Waals surface area contributed by atoms with Crippen molar-refractivity contribution in [1.82, 2.24) is 0 Å². The molecule has 1 saturated heterocycles. The van der Waals surface area contributed by atoms with Gasteiger partial charge in [-0.25, -0.2) is 8.42 Å². The van der Waals surface area contributed by atoms with Crippen LogP contribution in [0.2, 0.25) is 0 Å². The van der Waals surface area contributed by atoms with Crippen molar-refractivity contribution in [1.29, 1.82) is 0 Å². The zero-order valence-electron chi connectivity index (χ0n) is 8.33. The first-order valence-electron chi connectivity index (χ1n) is 4.72. The van der Waals surface area contributed by atoms with Crippen molar-refractivity contribution in [2.45, 2.75) is 37.3 Å². The van der Waals surface area contributed by atoms with Gasteiger partial charge in [0.2, 0.25) is 0 Å². The predicted octanol–water partition coefficient (Wildman–Crippen LogP) is 2.23. The Morgan fingerprint density at radius 1 is 1.38 bits per heavy atom. The Bertz CT molecular complexity index is 271. The zero-order valence-corrected chi connectivity index (χ0v) is 10.7. The summed E-state index contributed by atoms with van der Waals surface area (Å²) in [5.74, 6) is 1.17. The van der Waals surface area contributed by atoms with Crippen LogP contribution in [0.4, 0.5) is 0 Å². The molecule has 0 spiro atoms. The summed E-state index contributed by atoms with van der Waals surface area (Å²) in [5.41, 5.74) is 0. The van der Waals surface area contributed by atoms with Gasteiger partial charge in [0.05, 0.1) is 11.0 Å². The molecule has 78 valence electrons. The summed E-state index contributed by atoms with van der Waals surface area (Å²) in [6.07, 6.45) is 0.817. The van der Waals surface area contributed by atoms with Gasteiger partial charge in [0, 0.05) is 4.83 Å². The van der Waals surface area contributed by atoms with Crippen LogP contribution in [0.1, 0.15) is 27.2 Å². The minimum Gasteiger partial charge on any atom is -0.229 e. The van der Waals surface area contributed by atoms with E-state index >= 15 is 0 Å². The molecule has 0 bridgehead atoms. The van der Waals surface area contributed by atoms with Crippen LogP contribution < -0.4 is 0 Å². The molecule has 0 amide bonds. The molecule has 0 aromatic heterocycles. The van der Waals surface area contributed by atoms with Gasteiger partial charge in [-0.2, -0.15) is 0 Å². The third kappa shape index (κ3) is 2.27. The van der Waals surface area contributed by atoms with Gasteiger partial charge in [-0.1, -0.05) is 29.8 Å². The number of hydrogen-bond acceptors (Lipinski definition) is 2. The maximum atomic E-state index is 11.5. The van der Waals surface area contributed by atoms with Crippen molar-refractivity contribution < 1.29 is 8.42 Å². The molecule has 3 unspecified atom stereocenters. The zero-order chi connectivity index (χ0) is 10.2. The first-order chi connectivity index (χ1) is 5.86. The Morgan fingerprint density at radius 2 is 1.92 bits per heavy atom. The standard InChI is InChI=1S/C9H17BrO2S/c1-6(2)9(10)8-4-5-13(11,12)7(8)3/h6-9H,4-5H2,1-3H3. The number of halogens is 1. The molecule has 1 heterocycles. The lowest BCUT2D eigenvalue weighted by Crippen LogP contribution is -2.28. The molecule has 0 saturated carbocycles. The van der Waals surface area contributed by atoms with E-state index in [9.17, 15) is 8.42 Å². The normalized spacial score (nSPS) is 35.2. The minimum atomic E-state index is -2.78. The van der Waals surface area contributed by atoms with Crippen molar-refractivity contribution in [3.63, 3.8) is 0 Å². The molecule has 1 aliphatic rings. The number of hydrogen-bond donors (Lipinski definition) is 0. The van der Waals surface area contributed by atoms with E-state index in [1.54, 1.807) is 0 Å². The number of alkyl halides is 1. The Labute approximate surface area is 89.1 Å². The summed E-state index contributed by atoms with van der Waals surface area (Å²) in [6.45, 7) is 6.08. The largest absolute Gasteiger partial charge is 0.229 e. The van der Waals surface area contributed by atoms with E-state index in [4.69, 9.17) is 0 Å². The molecular formula is C9H17BrO2S. The first-order valence-corrected chi connectivity index (χ1v) is 7.35.